The van der Waals surface area contributed by atoms with Crippen molar-refractivity contribution in [3.05, 3.63) is 72.1 Å². The van der Waals surface area contributed by atoms with Crippen LogP contribution in [0, 0.1) is 5.92 Å². The van der Waals surface area contributed by atoms with Gasteiger partial charge in [-0.1, -0.05) is 18.2 Å². The summed E-state index contributed by atoms with van der Waals surface area (Å²) in [5.74, 6) is -0.0151. The molecule has 1 aromatic heterocycles. The zero-order valence-electron chi connectivity index (χ0n) is 22.1. The molecule has 38 heavy (non-hydrogen) atoms. The SMILES string of the molecule is CC(C)(C)OC(=O)N1CCC(NC(=O)c2ccc([C@@H]3C[C@H]3C(=O)Nc3ccc4cnccc4c3)cc2)CC1. The molecule has 8 heteroatoms. The highest BCUT2D eigenvalue weighted by atomic mass is 16.6. The molecule has 0 spiro atoms. The van der Waals surface area contributed by atoms with Crippen LogP contribution in [-0.4, -0.2) is 52.5 Å². The maximum absolute atomic E-state index is 12.8. The van der Waals surface area contributed by atoms with E-state index >= 15 is 0 Å². The van der Waals surface area contributed by atoms with Crippen molar-refractivity contribution in [2.45, 2.75) is 57.6 Å². The van der Waals surface area contributed by atoms with Crippen molar-refractivity contribution in [1.82, 2.24) is 15.2 Å². The maximum Gasteiger partial charge on any atom is 0.410 e. The molecule has 3 amide bonds. The van der Waals surface area contributed by atoms with E-state index < -0.39 is 5.60 Å². The molecule has 2 N–H and O–H groups in total. The Morgan fingerprint density at radius 1 is 0.974 bits per heavy atom. The van der Waals surface area contributed by atoms with Gasteiger partial charge < -0.3 is 20.3 Å². The second-order valence-corrected chi connectivity index (χ2v) is 11.2. The molecule has 8 nitrogen and oxygen atoms in total. The van der Waals surface area contributed by atoms with Crippen LogP contribution in [0.4, 0.5) is 10.5 Å². The highest BCUT2D eigenvalue weighted by molar-refractivity contribution is 5.97. The van der Waals surface area contributed by atoms with Crippen molar-refractivity contribution in [2.75, 3.05) is 18.4 Å². The molecule has 2 aromatic carbocycles. The number of likely N-dealkylation sites (tertiary alicyclic amines) is 1. The summed E-state index contributed by atoms with van der Waals surface area (Å²) >= 11 is 0. The molecule has 2 atom stereocenters. The Morgan fingerprint density at radius 3 is 2.42 bits per heavy atom. The smallest absolute Gasteiger partial charge is 0.410 e. The molecular formula is C30H34N4O4. The molecular weight excluding hydrogens is 480 g/mol. The quantitative estimate of drug-likeness (QED) is 0.493. The molecule has 0 bridgehead atoms. The van der Waals surface area contributed by atoms with Gasteiger partial charge in [-0.2, -0.15) is 0 Å². The summed E-state index contributed by atoms with van der Waals surface area (Å²) in [5, 5.41) is 8.19. The number of hydrogen-bond donors (Lipinski definition) is 2. The van der Waals surface area contributed by atoms with Crippen molar-refractivity contribution in [1.29, 1.82) is 0 Å². The van der Waals surface area contributed by atoms with E-state index in [-0.39, 0.29) is 35.8 Å². The Balaban J connectivity index is 1.10. The minimum absolute atomic E-state index is 0.0166. The van der Waals surface area contributed by atoms with Gasteiger partial charge >= 0.3 is 6.09 Å². The molecule has 2 fully saturated rings. The van der Waals surface area contributed by atoms with Gasteiger partial charge in [0.2, 0.25) is 5.91 Å². The van der Waals surface area contributed by atoms with E-state index in [1.54, 1.807) is 17.3 Å². The first-order valence-corrected chi connectivity index (χ1v) is 13.2. The Bertz CT molecular complexity index is 1340. The monoisotopic (exact) mass is 514 g/mol. The van der Waals surface area contributed by atoms with Gasteiger partial charge in [0.05, 0.1) is 0 Å². The van der Waals surface area contributed by atoms with Gasteiger partial charge in [-0.05, 0) is 87.2 Å². The minimum atomic E-state index is -0.520. The lowest BCUT2D eigenvalue weighted by Crippen LogP contribution is -2.47. The van der Waals surface area contributed by atoms with Gasteiger partial charge in [0.15, 0.2) is 0 Å². The van der Waals surface area contributed by atoms with Gasteiger partial charge in [-0.25, -0.2) is 4.79 Å². The molecule has 2 aliphatic rings. The second-order valence-electron chi connectivity index (χ2n) is 11.2. The number of ether oxygens (including phenoxy) is 1. The minimum Gasteiger partial charge on any atom is -0.444 e. The number of nitrogens with one attached hydrogen (secondary N) is 2. The van der Waals surface area contributed by atoms with E-state index in [4.69, 9.17) is 4.74 Å². The van der Waals surface area contributed by atoms with Crippen LogP contribution in [0.1, 0.15) is 61.9 Å². The van der Waals surface area contributed by atoms with Crippen LogP contribution in [0.2, 0.25) is 0 Å². The van der Waals surface area contributed by atoms with Crippen molar-refractivity contribution in [2.24, 2.45) is 5.92 Å². The first-order valence-electron chi connectivity index (χ1n) is 13.2. The summed E-state index contributed by atoms with van der Waals surface area (Å²) in [6.45, 7) is 6.67. The molecule has 1 saturated heterocycles. The number of aromatic nitrogens is 1. The number of pyridine rings is 1. The number of rotatable bonds is 5. The summed E-state index contributed by atoms with van der Waals surface area (Å²) in [4.78, 5) is 43.7. The zero-order chi connectivity index (χ0) is 26.9. The van der Waals surface area contributed by atoms with Crippen LogP contribution < -0.4 is 10.6 Å². The Kier molecular flexibility index (Phi) is 7.06. The number of hydrogen-bond acceptors (Lipinski definition) is 5. The summed E-state index contributed by atoms with van der Waals surface area (Å²) < 4.78 is 5.44. The summed E-state index contributed by atoms with van der Waals surface area (Å²) in [7, 11) is 0. The average molecular weight is 515 g/mol. The first-order chi connectivity index (χ1) is 18.2. The third-order valence-corrected chi connectivity index (χ3v) is 7.12. The molecule has 3 aromatic rings. The Morgan fingerprint density at radius 2 is 1.71 bits per heavy atom. The Labute approximate surface area is 222 Å². The zero-order valence-corrected chi connectivity index (χ0v) is 22.1. The third-order valence-electron chi connectivity index (χ3n) is 7.12. The number of anilines is 1. The van der Waals surface area contributed by atoms with E-state index in [0.29, 0.717) is 31.5 Å². The van der Waals surface area contributed by atoms with Crippen molar-refractivity contribution >= 4 is 34.4 Å². The molecule has 0 unspecified atom stereocenters. The fraction of sp³-hybridized carbons (Fsp3) is 0.400. The maximum atomic E-state index is 12.8. The number of carbonyl (C=O) groups is 3. The molecule has 1 aliphatic heterocycles. The number of piperidine rings is 1. The van der Waals surface area contributed by atoms with Gasteiger partial charge in [-0.15, -0.1) is 0 Å². The van der Waals surface area contributed by atoms with Crippen LogP contribution in [0.5, 0.6) is 0 Å². The highest BCUT2D eigenvalue weighted by Gasteiger charge is 2.44. The predicted molar refractivity (Wildman–Crippen MR) is 146 cm³/mol. The average Bonchev–Trinajstić information content (AvgIpc) is 3.69. The second kappa shape index (κ2) is 10.4. The number of amides is 3. The van der Waals surface area contributed by atoms with Crippen molar-refractivity contribution < 1.29 is 19.1 Å². The number of nitrogens with zero attached hydrogens (tertiary/aromatic N) is 2. The van der Waals surface area contributed by atoms with Crippen LogP contribution in [0.25, 0.3) is 10.8 Å². The van der Waals surface area contributed by atoms with E-state index in [0.717, 1.165) is 28.4 Å². The lowest BCUT2D eigenvalue weighted by atomic mass is 10.0. The van der Waals surface area contributed by atoms with Crippen molar-refractivity contribution in [3.8, 4) is 0 Å². The van der Waals surface area contributed by atoms with Crippen LogP contribution in [0.3, 0.4) is 0 Å². The van der Waals surface area contributed by atoms with Crippen molar-refractivity contribution in [3.63, 3.8) is 0 Å². The lowest BCUT2D eigenvalue weighted by molar-refractivity contribution is -0.117. The number of carbonyl (C=O) groups excluding carboxylic acids is 3. The van der Waals surface area contributed by atoms with E-state index in [1.165, 1.54) is 0 Å². The van der Waals surface area contributed by atoms with Crippen LogP contribution in [-0.2, 0) is 9.53 Å². The predicted octanol–water partition coefficient (Wildman–Crippen LogP) is 5.11. The van der Waals surface area contributed by atoms with E-state index in [2.05, 4.69) is 15.6 Å². The molecule has 198 valence electrons. The first kappa shape index (κ1) is 25.7. The van der Waals surface area contributed by atoms with Gasteiger partial charge in [0, 0.05) is 54.1 Å². The van der Waals surface area contributed by atoms with Crippen LogP contribution >= 0.6 is 0 Å². The van der Waals surface area contributed by atoms with Gasteiger partial charge in [-0.3, -0.25) is 14.6 Å². The molecule has 1 aliphatic carbocycles. The largest absolute Gasteiger partial charge is 0.444 e. The standard InChI is InChI=1S/C30H34N4O4/c1-30(2,3)38-29(37)34-14-11-23(12-15-34)32-27(35)20-6-4-19(5-7-20)25-17-26(25)28(36)33-24-9-8-22-18-31-13-10-21(22)16-24/h4-10,13,16,18,23,25-26H,11-12,14-15,17H2,1-3H3,(H,32,35)(H,33,36)/t25-,26+/m0/s1. The van der Waals surface area contributed by atoms with Crippen LogP contribution in [0.15, 0.2) is 60.9 Å². The Hall–Kier alpha value is -3.94. The third kappa shape index (κ3) is 6.13. The lowest BCUT2D eigenvalue weighted by Gasteiger charge is -2.33. The van der Waals surface area contributed by atoms with E-state index in [1.807, 2.05) is 69.3 Å². The fourth-order valence-corrected chi connectivity index (χ4v) is 4.93. The normalized spacial score (nSPS) is 19.6. The summed E-state index contributed by atoms with van der Waals surface area (Å²) in [6, 6.07) is 15.3. The van der Waals surface area contributed by atoms with Gasteiger partial charge in [0.25, 0.3) is 5.91 Å². The highest BCUT2D eigenvalue weighted by Crippen LogP contribution is 2.48. The molecule has 5 rings (SSSR count). The summed E-state index contributed by atoms with van der Waals surface area (Å²) in [5.41, 5.74) is 1.92. The van der Waals surface area contributed by atoms with E-state index in [9.17, 15) is 14.4 Å². The summed E-state index contributed by atoms with van der Waals surface area (Å²) in [6.07, 6.45) is 5.41. The fourth-order valence-electron chi connectivity index (χ4n) is 4.93. The molecule has 0 radical (unpaired) electrons. The molecule has 1 saturated carbocycles. The number of benzene rings is 2. The molecule has 2 heterocycles. The van der Waals surface area contributed by atoms with Gasteiger partial charge in [0.1, 0.15) is 5.60 Å². The number of fused-ring (bicyclic) bond motifs is 1. The topological polar surface area (TPSA) is 101 Å².